The van der Waals surface area contributed by atoms with E-state index in [0.29, 0.717) is 18.0 Å². The van der Waals surface area contributed by atoms with Gasteiger partial charge in [-0.05, 0) is 55.8 Å². The van der Waals surface area contributed by atoms with Crippen LogP contribution in [0.3, 0.4) is 0 Å². The largest absolute Gasteiger partial charge is 0.497 e. The first kappa shape index (κ1) is 18.5. The molecule has 9 heteroatoms. The number of likely N-dealkylation sites (tertiary alicyclic amines) is 1. The van der Waals surface area contributed by atoms with Crippen LogP contribution >= 0.6 is 0 Å². The molecule has 0 aliphatic carbocycles. The molecule has 1 aliphatic heterocycles. The van der Waals surface area contributed by atoms with Gasteiger partial charge in [0.05, 0.1) is 13.2 Å². The SMILES string of the molecule is COc1cccc(C(CNc2ccc3nnc(C(F)F)n3n2)N2CCCC2)c1. The Balaban J connectivity index is 1.57. The van der Waals surface area contributed by atoms with Gasteiger partial charge in [-0.1, -0.05) is 12.1 Å². The van der Waals surface area contributed by atoms with Crippen molar-refractivity contribution in [3.05, 3.63) is 47.8 Å². The maximum absolute atomic E-state index is 13.1. The van der Waals surface area contributed by atoms with Crippen LogP contribution in [-0.4, -0.2) is 51.5 Å². The molecule has 0 bridgehead atoms. The average Bonchev–Trinajstić information content (AvgIpc) is 3.38. The summed E-state index contributed by atoms with van der Waals surface area (Å²) in [5, 5.41) is 14.8. The van der Waals surface area contributed by atoms with Gasteiger partial charge in [0.25, 0.3) is 6.43 Å². The molecule has 1 unspecified atom stereocenters. The number of benzene rings is 1. The van der Waals surface area contributed by atoms with Crippen molar-refractivity contribution in [1.82, 2.24) is 24.7 Å². The fourth-order valence-corrected chi connectivity index (χ4v) is 3.60. The molecule has 3 heterocycles. The van der Waals surface area contributed by atoms with Crippen LogP contribution in [0.2, 0.25) is 0 Å². The van der Waals surface area contributed by atoms with Gasteiger partial charge in [-0.25, -0.2) is 8.78 Å². The summed E-state index contributed by atoms with van der Waals surface area (Å²) in [6.07, 6.45) is -0.390. The quantitative estimate of drug-likeness (QED) is 0.670. The molecule has 0 spiro atoms. The van der Waals surface area contributed by atoms with E-state index >= 15 is 0 Å². The third-order valence-corrected chi connectivity index (χ3v) is 5.02. The molecule has 1 atom stereocenters. The van der Waals surface area contributed by atoms with Crippen LogP contribution in [0.25, 0.3) is 5.65 Å². The van der Waals surface area contributed by atoms with Crippen LogP contribution in [0.4, 0.5) is 14.6 Å². The van der Waals surface area contributed by atoms with Crippen molar-refractivity contribution >= 4 is 11.5 Å². The van der Waals surface area contributed by atoms with Gasteiger partial charge < -0.3 is 10.1 Å². The van der Waals surface area contributed by atoms with E-state index in [1.54, 1.807) is 19.2 Å². The Morgan fingerprint density at radius 2 is 1.96 bits per heavy atom. The Bertz CT molecular complexity index is 941. The van der Waals surface area contributed by atoms with Gasteiger partial charge >= 0.3 is 0 Å². The number of fused-ring (bicyclic) bond motifs is 1. The minimum Gasteiger partial charge on any atom is -0.497 e. The smallest absolute Gasteiger partial charge is 0.299 e. The minimum absolute atomic E-state index is 0.130. The summed E-state index contributed by atoms with van der Waals surface area (Å²) in [4.78, 5) is 2.42. The molecule has 7 nitrogen and oxygen atoms in total. The van der Waals surface area contributed by atoms with Crippen LogP contribution in [0, 0.1) is 0 Å². The van der Waals surface area contributed by atoms with Crippen LogP contribution in [-0.2, 0) is 0 Å². The van der Waals surface area contributed by atoms with Crippen molar-refractivity contribution in [1.29, 1.82) is 0 Å². The molecule has 1 saturated heterocycles. The molecular weight excluding hydrogens is 366 g/mol. The predicted octanol–water partition coefficient (Wildman–Crippen LogP) is 3.32. The molecule has 28 heavy (non-hydrogen) atoms. The van der Waals surface area contributed by atoms with E-state index in [0.717, 1.165) is 28.9 Å². The first-order valence-electron chi connectivity index (χ1n) is 9.28. The summed E-state index contributed by atoms with van der Waals surface area (Å²) in [5.74, 6) is 0.858. The Kier molecular flexibility index (Phi) is 5.34. The van der Waals surface area contributed by atoms with E-state index in [2.05, 4.69) is 31.6 Å². The number of alkyl halides is 2. The zero-order valence-corrected chi connectivity index (χ0v) is 15.6. The van der Waals surface area contributed by atoms with E-state index in [4.69, 9.17) is 4.74 Å². The lowest BCUT2D eigenvalue weighted by Gasteiger charge is -2.28. The number of hydrogen-bond acceptors (Lipinski definition) is 6. The summed E-state index contributed by atoms with van der Waals surface area (Å²) in [5.41, 5.74) is 1.44. The highest BCUT2D eigenvalue weighted by atomic mass is 19.3. The standard InChI is InChI=1S/C19H22F2N6O/c1-28-14-6-4-5-13(11-14)15(26-9-2-3-10-26)12-22-16-7-8-17-23-24-19(18(20)21)27(17)25-16/h4-8,11,15,18H,2-3,9-10,12H2,1H3,(H,22,25). The number of rotatable bonds is 7. The van der Waals surface area contributed by atoms with Crippen LogP contribution < -0.4 is 10.1 Å². The van der Waals surface area contributed by atoms with Crippen molar-refractivity contribution in [3.8, 4) is 5.75 Å². The number of nitrogens with one attached hydrogen (secondary N) is 1. The van der Waals surface area contributed by atoms with E-state index in [1.165, 1.54) is 12.8 Å². The number of aromatic nitrogens is 4. The summed E-state index contributed by atoms with van der Waals surface area (Å²) in [6, 6.07) is 11.5. The van der Waals surface area contributed by atoms with Gasteiger partial charge in [-0.3, -0.25) is 4.90 Å². The minimum atomic E-state index is -2.73. The van der Waals surface area contributed by atoms with Crippen molar-refractivity contribution in [3.63, 3.8) is 0 Å². The van der Waals surface area contributed by atoms with E-state index < -0.39 is 12.2 Å². The monoisotopic (exact) mass is 388 g/mol. The molecule has 3 aromatic rings. The highest BCUT2D eigenvalue weighted by molar-refractivity contribution is 5.44. The fourth-order valence-electron chi connectivity index (χ4n) is 3.60. The van der Waals surface area contributed by atoms with Gasteiger partial charge in [0.1, 0.15) is 11.6 Å². The van der Waals surface area contributed by atoms with E-state index in [9.17, 15) is 8.78 Å². The molecule has 0 amide bonds. The molecule has 148 valence electrons. The van der Waals surface area contributed by atoms with E-state index in [-0.39, 0.29) is 6.04 Å². The van der Waals surface area contributed by atoms with Gasteiger partial charge in [0.15, 0.2) is 5.65 Å². The van der Waals surface area contributed by atoms with Crippen molar-refractivity contribution in [2.24, 2.45) is 0 Å². The third-order valence-electron chi connectivity index (χ3n) is 5.02. The number of ether oxygens (including phenoxy) is 1. The lowest BCUT2D eigenvalue weighted by Crippen LogP contribution is -2.31. The Hall–Kier alpha value is -2.81. The Labute approximate surface area is 161 Å². The predicted molar refractivity (Wildman–Crippen MR) is 101 cm³/mol. The van der Waals surface area contributed by atoms with Gasteiger partial charge in [-0.2, -0.15) is 4.52 Å². The normalized spacial score (nSPS) is 16.0. The zero-order valence-electron chi connectivity index (χ0n) is 15.6. The first-order valence-corrected chi connectivity index (χ1v) is 9.28. The fraction of sp³-hybridized carbons (Fsp3) is 0.421. The molecule has 1 fully saturated rings. The van der Waals surface area contributed by atoms with Crippen molar-refractivity contribution in [2.75, 3.05) is 32.1 Å². The number of methoxy groups -OCH3 is 1. The highest BCUT2D eigenvalue weighted by Crippen LogP contribution is 2.28. The van der Waals surface area contributed by atoms with Crippen molar-refractivity contribution < 1.29 is 13.5 Å². The summed E-state index contributed by atoms with van der Waals surface area (Å²) >= 11 is 0. The maximum atomic E-state index is 13.1. The Morgan fingerprint density at radius 1 is 1.14 bits per heavy atom. The maximum Gasteiger partial charge on any atom is 0.299 e. The second-order valence-corrected chi connectivity index (χ2v) is 6.76. The van der Waals surface area contributed by atoms with Gasteiger partial charge in [0.2, 0.25) is 5.82 Å². The summed E-state index contributed by atoms with van der Waals surface area (Å²) in [6.45, 7) is 2.64. The second-order valence-electron chi connectivity index (χ2n) is 6.76. The zero-order chi connectivity index (χ0) is 19.5. The number of halogens is 2. The van der Waals surface area contributed by atoms with Gasteiger partial charge in [0, 0.05) is 6.54 Å². The topological polar surface area (TPSA) is 67.6 Å². The van der Waals surface area contributed by atoms with Crippen LogP contribution in [0.5, 0.6) is 5.75 Å². The van der Waals surface area contributed by atoms with Crippen LogP contribution in [0.15, 0.2) is 36.4 Å². The number of hydrogen-bond donors (Lipinski definition) is 1. The lowest BCUT2D eigenvalue weighted by atomic mass is 10.0. The van der Waals surface area contributed by atoms with Crippen molar-refractivity contribution in [2.45, 2.75) is 25.3 Å². The third kappa shape index (κ3) is 3.75. The molecule has 1 N–H and O–H groups in total. The summed E-state index contributed by atoms with van der Waals surface area (Å²) in [7, 11) is 1.65. The number of nitrogens with zero attached hydrogens (tertiary/aromatic N) is 5. The lowest BCUT2D eigenvalue weighted by molar-refractivity contribution is 0.137. The molecule has 1 aromatic carbocycles. The molecule has 0 saturated carbocycles. The highest BCUT2D eigenvalue weighted by Gasteiger charge is 2.24. The molecule has 1 aliphatic rings. The molecule has 0 radical (unpaired) electrons. The molecule has 2 aromatic heterocycles. The van der Waals surface area contributed by atoms with E-state index in [1.807, 2.05) is 18.2 Å². The first-order chi connectivity index (χ1) is 13.7. The average molecular weight is 388 g/mol. The second kappa shape index (κ2) is 8.05. The number of anilines is 1. The molecule has 4 rings (SSSR count). The van der Waals surface area contributed by atoms with Gasteiger partial charge in [-0.15, -0.1) is 15.3 Å². The Morgan fingerprint density at radius 3 is 2.71 bits per heavy atom. The summed E-state index contributed by atoms with van der Waals surface area (Å²) < 4.78 is 32.6. The van der Waals surface area contributed by atoms with Crippen LogP contribution in [0.1, 0.15) is 36.7 Å². The molecular formula is C19H22F2N6O.